The number of tetrazole rings is 1. The summed E-state index contributed by atoms with van der Waals surface area (Å²) in [4.78, 5) is 12.6. The molecule has 2 aromatic rings. The van der Waals surface area contributed by atoms with E-state index in [4.69, 9.17) is 0 Å². The number of carbonyl (C=O) groups excluding carboxylic acids is 1. The van der Waals surface area contributed by atoms with Crippen LogP contribution in [0.4, 0.5) is 5.69 Å². The van der Waals surface area contributed by atoms with Crippen LogP contribution >= 0.6 is 0 Å². The van der Waals surface area contributed by atoms with E-state index in [0.29, 0.717) is 24.4 Å². The smallest absolute Gasteiger partial charge is 0.228 e. The average Bonchev–Trinajstić information content (AvgIpc) is 3.13. The van der Waals surface area contributed by atoms with Gasteiger partial charge in [-0.15, -0.1) is 5.10 Å². The van der Waals surface area contributed by atoms with Crippen LogP contribution in [0.25, 0.3) is 5.69 Å². The first-order valence-corrected chi connectivity index (χ1v) is 10.1. The summed E-state index contributed by atoms with van der Waals surface area (Å²) in [5.74, 6) is 0.926. The van der Waals surface area contributed by atoms with E-state index in [-0.39, 0.29) is 28.7 Å². The molecule has 1 spiro atoms. The molecule has 1 aliphatic heterocycles. The van der Waals surface area contributed by atoms with Crippen LogP contribution in [0.1, 0.15) is 25.1 Å². The van der Waals surface area contributed by atoms with Crippen molar-refractivity contribution >= 4 is 21.4 Å². The van der Waals surface area contributed by atoms with Gasteiger partial charge in [0.2, 0.25) is 5.91 Å². The maximum absolute atomic E-state index is 12.6. The fraction of sp³-hybridized carbons (Fsp3) is 0.500. The van der Waals surface area contributed by atoms with E-state index >= 15 is 0 Å². The van der Waals surface area contributed by atoms with E-state index in [1.165, 1.54) is 0 Å². The average molecular weight is 361 g/mol. The molecule has 1 N–H and O–H groups in total. The number of rotatable bonds is 3. The minimum absolute atomic E-state index is 0.0371. The second-order valence-corrected chi connectivity index (χ2v) is 9.25. The van der Waals surface area contributed by atoms with Crippen LogP contribution in [0.2, 0.25) is 0 Å². The van der Waals surface area contributed by atoms with Gasteiger partial charge in [0.05, 0.1) is 17.2 Å². The molecule has 4 rings (SSSR count). The van der Waals surface area contributed by atoms with Crippen LogP contribution in [0.5, 0.6) is 0 Å². The van der Waals surface area contributed by atoms with E-state index in [1.54, 1.807) is 11.6 Å². The number of hydrogen-bond acceptors (Lipinski definition) is 6. The molecule has 25 heavy (non-hydrogen) atoms. The standard InChI is InChI=1S/C16H19N5O3S/c1-11-18-19-20-21(11)13-4-2-3-12(9-13)17-15(22)14-10-16(14)5-7-25(23,24)8-6-16/h2-4,9,14H,5-8,10H2,1H3,(H,17,22)/t14-/m0/s1. The maximum atomic E-state index is 12.6. The molecule has 132 valence electrons. The molecule has 2 heterocycles. The number of carbonyl (C=O) groups is 1. The third-order valence-electron chi connectivity index (χ3n) is 5.31. The van der Waals surface area contributed by atoms with Gasteiger partial charge in [-0.05, 0) is 60.2 Å². The van der Waals surface area contributed by atoms with Gasteiger partial charge in [0.25, 0.3) is 0 Å². The summed E-state index contributed by atoms with van der Waals surface area (Å²) in [5, 5.41) is 14.3. The van der Waals surface area contributed by atoms with Crippen LogP contribution in [0, 0.1) is 18.3 Å². The van der Waals surface area contributed by atoms with Crippen molar-refractivity contribution in [3.05, 3.63) is 30.1 Å². The van der Waals surface area contributed by atoms with Gasteiger partial charge in [-0.1, -0.05) is 6.07 Å². The largest absolute Gasteiger partial charge is 0.326 e. The summed E-state index contributed by atoms with van der Waals surface area (Å²) in [6, 6.07) is 7.34. The normalized spacial score (nSPS) is 23.3. The molecule has 1 saturated heterocycles. The molecule has 1 aromatic heterocycles. The highest BCUT2D eigenvalue weighted by Gasteiger charge is 2.59. The van der Waals surface area contributed by atoms with Gasteiger partial charge < -0.3 is 5.32 Å². The molecule has 9 heteroatoms. The van der Waals surface area contributed by atoms with Crippen molar-refractivity contribution in [1.82, 2.24) is 20.2 Å². The minimum atomic E-state index is -2.91. The Morgan fingerprint density at radius 3 is 2.76 bits per heavy atom. The first-order chi connectivity index (χ1) is 11.9. The minimum Gasteiger partial charge on any atom is -0.326 e. The number of nitrogens with zero attached hydrogens (tertiary/aromatic N) is 4. The van der Waals surface area contributed by atoms with Crippen molar-refractivity contribution in [1.29, 1.82) is 0 Å². The summed E-state index contributed by atoms with van der Waals surface area (Å²) in [6.45, 7) is 1.80. The fourth-order valence-corrected chi connectivity index (χ4v) is 5.27. The van der Waals surface area contributed by atoms with Gasteiger partial charge in [0.1, 0.15) is 9.84 Å². The number of anilines is 1. The molecule has 0 radical (unpaired) electrons. The van der Waals surface area contributed by atoms with E-state index in [0.717, 1.165) is 12.1 Å². The maximum Gasteiger partial charge on any atom is 0.228 e. The summed E-state index contributed by atoms with van der Waals surface area (Å²) in [6.07, 6.45) is 1.97. The summed E-state index contributed by atoms with van der Waals surface area (Å²) >= 11 is 0. The third-order valence-corrected chi connectivity index (χ3v) is 6.96. The topological polar surface area (TPSA) is 107 Å². The SMILES string of the molecule is Cc1nnnn1-c1cccc(NC(=O)[C@@H]2CC23CCS(=O)(=O)CC3)c1. The highest BCUT2D eigenvalue weighted by atomic mass is 32.2. The van der Waals surface area contributed by atoms with Crippen molar-refractivity contribution in [2.24, 2.45) is 11.3 Å². The molecular formula is C16H19N5O3S. The number of sulfone groups is 1. The Labute approximate surface area is 145 Å². The molecule has 2 aliphatic rings. The number of benzene rings is 1. The molecule has 2 fully saturated rings. The second-order valence-electron chi connectivity index (χ2n) is 6.95. The van der Waals surface area contributed by atoms with Gasteiger partial charge in [-0.3, -0.25) is 4.79 Å². The highest BCUT2D eigenvalue weighted by molar-refractivity contribution is 7.91. The van der Waals surface area contributed by atoms with E-state index in [1.807, 2.05) is 24.3 Å². The molecule has 8 nitrogen and oxygen atoms in total. The van der Waals surface area contributed by atoms with Crippen LogP contribution in [-0.2, 0) is 14.6 Å². The van der Waals surface area contributed by atoms with Crippen molar-refractivity contribution in [2.75, 3.05) is 16.8 Å². The lowest BCUT2D eigenvalue weighted by atomic mass is 9.96. The number of aryl methyl sites for hydroxylation is 1. The van der Waals surface area contributed by atoms with Gasteiger partial charge >= 0.3 is 0 Å². The summed E-state index contributed by atoms with van der Waals surface area (Å²) < 4.78 is 24.8. The lowest BCUT2D eigenvalue weighted by molar-refractivity contribution is -0.118. The van der Waals surface area contributed by atoms with Gasteiger partial charge in [-0.2, -0.15) is 4.68 Å². The monoisotopic (exact) mass is 361 g/mol. The van der Waals surface area contributed by atoms with Crippen LogP contribution in [-0.4, -0.2) is 46.0 Å². The first kappa shape index (κ1) is 16.2. The Morgan fingerprint density at radius 2 is 2.08 bits per heavy atom. The number of amides is 1. The Balaban J connectivity index is 1.45. The van der Waals surface area contributed by atoms with E-state index in [2.05, 4.69) is 20.8 Å². The lowest BCUT2D eigenvalue weighted by Crippen LogP contribution is -2.28. The Bertz CT molecular complexity index is 923. The molecule has 0 unspecified atom stereocenters. The van der Waals surface area contributed by atoms with Gasteiger partial charge in [0, 0.05) is 11.6 Å². The number of hydrogen-bond donors (Lipinski definition) is 1. The predicted molar refractivity (Wildman–Crippen MR) is 90.9 cm³/mol. The molecule has 0 bridgehead atoms. The van der Waals surface area contributed by atoms with Crippen molar-refractivity contribution in [2.45, 2.75) is 26.2 Å². The zero-order valence-electron chi connectivity index (χ0n) is 13.8. The molecule has 1 amide bonds. The lowest BCUT2D eigenvalue weighted by Gasteiger charge is -2.22. The van der Waals surface area contributed by atoms with Crippen molar-refractivity contribution in [3.8, 4) is 5.69 Å². The van der Waals surface area contributed by atoms with Gasteiger partial charge in [-0.25, -0.2) is 8.42 Å². The van der Waals surface area contributed by atoms with Crippen molar-refractivity contribution < 1.29 is 13.2 Å². The molecule has 1 atom stereocenters. The van der Waals surface area contributed by atoms with Crippen LogP contribution in [0.3, 0.4) is 0 Å². The Hall–Kier alpha value is -2.29. The van der Waals surface area contributed by atoms with E-state index < -0.39 is 9.84 Å². The van der Waals surface area contributed by atoms with Crippen LogP contribution in [0.15, 0.2) is 24.3 Å². The Kier molecular flexibility index (Phi) is 3.64. The zero-order valence-corrected chi connectivity index (χ0v) is 14.7. The van der Waals surface area contributed by atoms with Gasteiger partial charge in [0.15, 0.2) is 5.82 Å². The van der Waals surface area contributed by atoms with E-state index in [9.17, 15) is 13.2 Å². The highest BCUT2D eigenvalue weighted by Crippen LogP contribution is 2.60. The predicted octanol–water partition coefficient (Wildman–Crippen LogP) is 1.12. The summed E-state index contributed by atoms with van der Waals surface area (Å²) in [5.41, 5.74) is 1.34. The summed E-state index contributed by atoms with van der Waals surface area (Å²) in [7, 11) is -2.91. The molecule has 1 aliphatic carbocycles. The fourth-order valence-electron chi connectivity index (χ4n) is 3.63. The number of nitrogens with one attached hydrogen (secondary N) is 1. The molecule has 1 aromatic carbocycles. The quantitative estimate of drug-likeness (QED) is 0.878. The number of aromatic nitrogens is 4. The third kappa shape index (κ3) is 3.04. The first-order valence-electron chi connectivity index (χ1n) is 8.25. The Morgan fingerprint density at radius 1 is 1.32 bits per heavy atom. The molecular weight excluding hydrogens is 342 g/mol. The zero-order chi connectivity index (χ0) is 17.7. The second kappa shape index (κ2) is 5.62. The van der Waals surface area contributed by atoms with Crippen LogP contribution < -0.4 is 5.32 Å². The van der Waals surface area contributed by atoms with Crippen molar-refractivity contribution in [3.63, 3.8) is 0 Å². The molecule has 1 saturated carbocycles.